The van der Waals surface area contributed by atoms with Crippen molar-refractivity contribution in [3.63, 3.8) is 0 Å². The van der Waals surface area contributed by atoms with Crippen LogP contribution in [0.5, 0.6) is 6.01 Å². The van der Waals surface area contributed by atoms with Crippen LogP contribution in [0.1, 0.15) is 5.56 Å². The maximum Gasteiger partial charge on any atom is 0.488 e. The predicted octanol–water partition coefficient (Wildman–Crippen LogP) is -0.508. The lowest BCUT2D eigenvalue weighted by Gasteiger charge is -2.09. The molecule has 1 unspecified atom stereocenters. The Hall–Kier alpha value is -3.23. The number of rotatable bonds is 7. The normalized spacial score (nSPS) is 12.0. The van der Waals surface area contributed by atoms with Crippen LogP contribution >= 0.6 is 0 Å². The van der Waals surface area contributed by atoms with Gasteiger partial charge in [0, 0.05) is 6.54 Å². The molecule has 0 fully saturated rings. The molecule has 13 heteroatoms. The maximum atomic E-state index is 11.9. The van der Waals surface area contributed by atoms with Crippen LogP contribution in [0.25, 0.3) is 17.0 Å². The van der Waals surface area contributed by atoms with Crippen molar-refractivity contribution in [3.8, 4) is 12.0 Å². The number of nitrogens with two attached hydrogens (primary N) is 1. The minimum Gasteiger partial charge on any atom is -0.593 e. The second-order valence-electron chi connectivity index (χ2n) is 6.47. The molecule has 1 atom stereocenters. The van der Waals surface area contributed by atoms with Gasteiger partial charge in [0.05, 0.1) is 30.2 Å². The number of para-hydroxylation sites is 1. The van der Waals surface area contributed by atoms with Crippen molar-refractivity contribution in [2.75, 3.05) is 12.4 Å². The molecule has 0 radical (unpaired) electrons. The highest BCUT2D eigenvalue weighted by molar-refractivity contribution is 7.89. The fourth-order valence-electron chi connectivity index (χ4n) is 3.08. The van der Waals surface area contributed by atoms with Crippen LogP contribution in [0, 0.1) is 0 Å². The Morgan fingerprint density at radius 3 is 2.77 bits per heavy atom. The first-order valence-corrected chi connectivity index (χ1v) is 10.3. The molecule has 4 aromatic rings. The van der Waals surface area contributed by atoms with E-state index in [1.54, 1.807) is 41.0 Å². The van der Waals surface area contributed by atoms with Gasteiger partial charge in [-0.2, -0.15) is 15.1 Å². The molecule has 0 saturated carbocycles. The summed E-state index contributed by atoms with van der Waals surface area (Å²) < 4.78 is 18.8. The van der Waals surface area contributed by atoms with Crippen molar-refractivity contribution in [1.29, 1.82) is 0 Å². The second kappa shape index (κ2) is 8.87. The van der Waals surface area contributed by atoms with Crippen LogP contribution in [0.4, 0.5) is 5.82 Å². The van der Waals surface area contributed by atoms with Gasteiger partial charge < -0.3 is 24.7 Å². The summed E-state index contributed by atoms with van der Waals surface area (Å²) in [6, 6.07) is 12.2. The summed E-state index contributed by atoms with van der Waals surface area (Å²) in [5, 5.41) is 35.4. The lowest BCUT2D eigenvalue weighted by Crippen LogP contribution is -2.30. The van der Waals surface area contributed by atoms with Crippen LogP contribution < -0.4 is 20.7 Å². The first-order valence-electron chi connectivity index (χ1n) is 9.08. The number of methoxy groups -OCH3 is 1. The molecule has 0 amide bonds. The van der Waals surface area contributed by atoms with Crippen molar-refractivity contribution < 1.29 is 19.3 Å². The topological polar surface area (TPSA) is 167 Å². The zero-order chi connectivity index (χ0) is 22.0. The quantitative estimate of drug-likeness (QED) is 0.218. The molecule has 0 spiro atoms. The van der Waals surface area contributed by atoms with Crippen molar-refractivity contribution >= 4 is 40.8 Å². The van der Waals surface area contributed by atoms with Gasteiger partial charge >= 0.3 is 13.1 Å². The number of nitrogens with one attached hydrogen (secondary N) is 1. The van der Waals surface area contributed by atoms with Gasteiger partial charge in [-0.3, -0.25) is 0 Å². The summed E-state index contributed by atoms with van der Waals surface area (Å²) in [6.45, 7) is 0.372. The SMILES string of the molecule is COc1nc2c([S+](N)[O-])cccc2n1-c1nncc(NCc2cccc(B(O)O)c2)n1. The molecule has 0 saturated heterocycles. The van der Waals surface area contributed by atoms with Gasteiger partial charge in [0.25, 0.3) is 5.95 Å². The number of hydrogen-bond acceptors (Lipinski definition) is 10. The third-order valence-corrected chi connectivity index (χ3v) is 5.25. The van der Waals surface area contributed by atoms with Gasteiger partial charge in [0.2, 0.25) is 4.90 Å². The molecule has 31 heavy (non-hydrogen) atoms. The van der Waals surface area contributed by atoms with Gasteiger partial charge in [0.15, 0.2) is 5.82 Å². The standard InChI is InChI=1S/C18H18BN7O4S/c1-30-18-24-16-13(6-3-7-14(16)31(20)29)26(18)17-23-15(10-22-25-17)21-9-11-4-2-5-12(8-11)19(27)28/h2-8,10,27-28H,9,20H2,1H3,(H,21,23,25). The van der Waals surface area contributed by atoms with E-state index in [2.05, 4.69) is 25.5 Å². The minimum atomic E-state index is -1.73. The lowest BCUT2D eigenvalue weighted by molar-refractivity contribution is 0.373. The van der Waals surface area contributed by atoms with Crippen LogP contribution in [0.3, 0.4) is 0 Å². The smallest absolute Gasteiger partial charge is 0.488 e. The zero-order valence-corrected chi connectivity index (χ0v) is 17.2. The molecule has 4 rings (SSSR count). The molecule has 0 aliphatic rings. The highest BCUT2D eigenvalue weighted by Crippen LogP contribution is 2.28. The summed E-state index contributed by atoms with van der Waals surface area (Å²) in [5.41, 5.74) is 2.20. The fourth-order valence-corrected chi connectivity index (χ4v) is 3.63. The Bertz CT molecular complexity index is 1220. The third-order valence-electron chi connectivity index (χ3n) is 4.49. The molecule has 158 valence electrons. The van der Waals surface area contributed by atoms with Crippen molar-refractivity contribution in [2.45, 2.75) is 11.4 Å². The number of fused-ring (bicyclic) bond motifs is 1. The summed E-state index contributed by atoms with van der Waals surface area (Å²) in [6.07, 6.45) is 1.46. The zero-order valence-electron chi connectivity index (χ0n) is 16.3. The van der Waals surface area contributed by atoms with Crippen molar-refractivity contribution in [1.82, 2.24) is 24.7 Å². The highest BCUT2D eigenvalue weighted by atomic mass is 32.2. The van der Waals surface area contributed by atoms with Gasteiger partial charge in [-0.05, 0) is 23.2 Å². The molecule has 2 aromatic carbocycles. The van der Waals surface area contributed by atoms with Crippen molar-refractivity contribution in [3.05, 3.63) is 54.2 Å². The van der Waals surface area contributed by atoms with E-state index in [9.17, 15) is 14.6 Å². The van der Waals surface area contributed by atoms with Crippen LogP contribution in [-0.2, 0) is 17.9 Å². The molecule has 11 nitrogen and oxygen atoms in total. The van der Waals surface area contributed by atoms with E-state index in [0.29, 0.717) is 33.8 Å². The van der Waals surface area contributed by atoms with Crippen molar-refractivity contribution in [2.24, 2.45) is 5.14 Å². The summed E-state index contributed by atoms with van der Waals surface area (Å²) >= 11 is -1.73. The Balaban J connectivity index is 1.66. The average Bonchev–Trinajstić information content (AvgIpc) is 3.16. The first kappa shape index (κ1) is 21.0. The first-order chi connectivity index (χ1) is 15.0. The summed E-state index contributed by atoms with van der Waals surface area (Å²) in [7, 11) is -0.0865. The van der Waals surface area contributed by atoms with Crippen LogP contribution in [-0.4, -0.2) is 53.6 Å². The number of ether oxygens (including phenoxy) is 1. The number of nitrogens with zero attached hydrogens (tertiary/aromatic N) is 5. The van der Waals surface area contributed by atoms with E-state index in [4.69, 9.17) is 9.88 Å². The Morgan fingerprint density at radius 1 is 1.23 bits per heavy atom. The largest absolute Gasteiger partial charge is 0.593 e. The molecule has 2 heterocycles. The minimum absolute atomic E-state index is 0.191. The van der Waals surface area contributed by atoms with Crippen LogP contribution in [0.15, 0.2) is 53.6 Å². The maximum absolute atomic E-state index is 11.9. The molecule has 0 aliphatic heterocycles. The van der Waals surface area contributed by atoms with E-state index in [1.165, 1.54) is 13.3 Å². The summed E-state index contributed by atoms with van der Waals surface area (Å²) in [5.74, 6) is 0.631. The monoisotopic (exact) mass is 439 g/mol. The molecular formula is C18H18BN7O4S. The number of imidazole rings is 1. The molecule has 2 aromatic heterocycles. The number of hydrogen-bond donors (Lipinski definition) is 4. The van der Waals surface area contributed by atoms with Gasteiger partial charge in [0.1, 0.15) is 5.52 Å². The molecular weight excluding hydrogens is 421 g/mol. The second-order valence-corrected chi connectivity index (χ2v) is 7.50. The van der Waals surface area contributed by atoms with Gasteiger partial charge in [-0.1, -0.05) is 30.3 Å². The summed E-state index contributed by atoms with van der Waals surface area (Å²) in [4.78, 5) is 9.21. The van der Waals surface area contributed by atoms with E-state index >= 15 is 0 Å². The lowest BCUT2D eigenvalue weighted by atomic mass is 9.80. The fraction of sp³-hybridized carbons (Fsp3) is 0.111. The molecule has 5 N–H and O–H groups in total. The highest BCUT2D eigenvalue weighted by Gasteiger charge is 2.22. The predicted molar refractivity (Wildman–Crippen MR) is 115 cm³/mol. The molecule has 0 aliphatic carbocycles. The number of anilines is 1. The Labute approximate surface area is 180 Å². The average molecular weight is 439 g/mol. The molecule has 0 bridgehead atoms. The Morgan fingerprint density at radius 2 is 2.03 bits per heavy atom. The van der Waals surface area contributed by atoms with E-state index in [0.717, 1.165) is 5.56 Å². The van der Waals surface area contributed by atoms with Gasteiger partial charge in [-0.15, -0.1) is 10.2 Å². The van der Waals surface area contributed by atoms with E-state index in [1.807, 2.05) is 6.07 Å². The van der Waals surface area contributed by atoms with E-state index in [-0.39, 0.29) is 12.0 Å². The Kier molecular flexibility index (Phi) is 6.02. The number of aromatic nitrogens is 5. The van der Waals surface area contributed by atoms with E-state index < -0.39 is 18.5 Å². The van der Waals surface area contributed by atoms with Crippen LogP contribution in [0.2, 0.25) is 0 Å². The number of benzene rings is 2. The van der Waals surface area contributed by atoms with Gasteiger partial charge in [-0.25, -0.2) is 4.57 Å². The third kappa shape index (κ3) is 4.31.